The summed E-state index contributed by atoms with van der Waals surface area (Å²) in [6, 6.07) is 12.3. The van der Waals surface area contributed by atoms with Crippen LogP contribution in [0.1, 0.15) is 17.5 Å². The number of amides is 1. The molecule has 0 saturated carbocycles. The van der Waals surface area contributed by atoms with E-state index < -0.39 is 5.97 Å². The van der Waals surface area contributed by atoms with Gasteiger partial charge in [-0.05, 0) is 31.2 Å². The molecule has 0 fully saturated rings. The molecule has 21 heavy (non-hydrogen) atoms. The summed E-state index contributed by atoms with van der Waals surface area (Å²) in [6.45, 7) is 2.48. The number of anilines is 1. The molecule has 1 heterocycles. The van der Waals surface area contributed by atoms with Gasteiger partial charge in [0.25, 0.3) is 0 Å². The maximum Gasteiger partial charge on any atom is 0.371 e. The first-order valence-corrected chi connectivity index (χ1v) is 7.41. The third-order valence-electron chi connectivity index (χ3n) is 2.82. The monoisotopic (exact) mass is 305 g/mol. The van der Waals surface area contributed by atoms with Crippen molar-refractivity contribution < 1.29 is 19.1 Å². The average molecular weight is 305 g/mol. The molecule has 0 aliphatic carbocycles. The van der Waals surface area contributed by atoms with Crippen molar-refractivity contribution in [2.75, 3.05) is 17.2 Å². The number of carbonyl (C=O) groups is 2. The lowest BCUT2D eigenvalue weighted by Gasteiger charge is -2.20. The summed E-state index contributed by atoms with van der Waals surface area (Å²) >= 11 is 1.18. The Hall–Kier alpha value is -2.21. The van der Waals surface area contributed by atoms with E-state index in [1.54, 1.807) is 11.0 Å². The van der Waals surface area contributed by atoms with Gasteiger partial charge in [-0.25, -0.2) is 4.79 Å². The van der Waals surface area contributed by atoms with Crippen LogP contribution in [0.15, 0.2) is 52.0 Å². The van der Waals surface area contributed by atoms with Crippen molar-refractivity contribution in [2.45, 2.75) is 12.0 Å². The van der Waals surface area contributed by atoms with Crippen molar-refractivity contribution >= 4 is 29.3 Å². The van der Waals surface area contributed by atoms with E-state index in [-0.39, 0.29) is 17.4 Å². The average Bonchev–Trinajstić information content (AvgIpc) is 2.96. The SMILES string of the molecule is CCN(C(=O)CSc1ccc(C(=O)O)o1)c1ccccc1. The highest BCUT2D eigenvalue weighted by molar-refractivity contribution is 7.99. The second-order valence-corrected chi connectivity index (χ2v) is 5.17. The number of para-hydroxylation sites is 1. The molecular formula is C15H15NO4S. The molecule has 0 radical (unpaired) electrons. The summed E-state index contributed by atoms with van der Waals surface area (Å²) in [7, 11) is 0. The molecule has 1 N–H and O–H groups in total. The first kappa shape index (κ1) is 15.2. The Kier molecular flexibility index (Phi) is 5.05. The van der Waals surface area contributed by atoms with Crippen molar-refractivity contribution in [3.63, 3.8) is 0 Å². The second-order valence-electron chi connectivity index (χ2n) is 4.19. The summed E-state index contributed by atoms with van der Waals surface area (Å²) in [5.41, 5.74) is 0.844. The van der Waals surface area contributed by atoms with Gasteiger partial charge < -0.3 is 14.4 Å². The molecule has 1 amide bonds. The van der Waals surface area contributed by atoms with Crippen molar-refractivity contribution in [1.82, 2.24) is 0 Å². The summed E-state index contributed by atoms with van der Waals surface area (Å²) in [5.74, 6) is -1.11. The molecule has 0 aliphatic heterocycles. The lowest BCUT2D eigenvalue weighted by Crippen LogP contribution is -2.32. The van der Waals surface area contributed by atoms with Crippen molar-refractivity contribution in [3.05, 3.63) is 48.2 Å². The Morgan fingerprint density at radius 3 is 2.48 bits per heavy atom. The van der Waals surface area contributed by atoms with Crippen molar-refractivity contribution in [3.8, 4) is 0 Å². The van der Waals surface area contributed by atoms with Crippen LogP contribution in [0.5, 0.6) is 0 Å². The van der Waals surface area contributed by atoms with Crippen LogP contribution in [0.3, 0.4) is 0 Å². The zero-order valence-corrected chi connectivity index (χ0v) is 12.3. The van der Waals surface area contributed by atoms with E-state index in [1.807, 2.05) is 37.3 Å². The molecule has 2 rings (SSSR count). The van der Waals surface area contributed by atoms with Gasteiger partial charge in [-0.15, -0.1) is 0 Å². The lowest BCUT2D eigenvalue weighted by molar-refractivity contribution is -0.116. The fourth-order valence-corrected chi connectivity index (χ4v) is 2.57. The van der Waals surface area contributed by atoms with Crippen molar-refractivity contribution in [1.29, 1.82) is 0 Å². The topological polar surface area (TPSA) is 70.8 Å². The van der Waals surface area contributed by atoms with Gasteiger partial charge in [0.2, 0.25) is 11.7 Å². The summed E-state index contributed by atoms with van der Waals surface area (Å²) in [4.78, 5) is 24.6. The van der Waals surface area contributed by atoms with Crippen LogP contribution in [0.4, 0.5) is 5.69 Å². The van der Waals surface area contributed by atoms with E-state index in [0.717, 1.165) is 5.69 Å². The standard InChI is InChI=1S/C15H15NO4S/c1-2-16(11-6-4-3-5-7-11)13(17)10-21-14-9-8-12(20-14)15(18)19/h3-9H,2,10H2,1H3,(H,18,19). The van der Waals surface area contributed by atoms with Crippen LogP contribution >= 0.6 is 11.8 Å². The largest absolute Gasteiger partial charge is 0.475 e. The maximum absolute atomic E-state index is 12.2. The molecule has 5 nitrogen and oxygen atoms in total. The van der Waals surface area contributed by atoms with Gasteiger partial charge in [0.15, 0.2) is 5.09 Å². The van der Waals surface area contributed by atoms with E-state index in [9.17, 15) is 9.59 Å². The zero-order valence-electron chi connectivity index (χ0n) is 11.5. The molecule has 0 bridgehead atoms. The summed E-state index contributed by atoms with van der Waals surface area (Å²) < 4.78 is 5.11. The molecule has 2 aromatic rings. The smallest absolute Gasteiger partial charge is 0.371 e. The Bertz CT molecular complexity index is 624. The first-order valence-electron chi connectivity index (χ1n) is 6.43. The predicted octanol–water partition coefficient (Wildman–Crippen LogP) is 3.12. The number of rotatable bonds is 6. The van der Waals surface area contributed by atoms with Crippen LogP contribution in [0.2, 0.25) is 0 Å². The summed E-state index contributed by atoms with van der Waals surface area (Å²) in [5, 5.41) is 9.19. The number of benzene rings is 1. The third kappa shape index (κ3) is 3.88. The molecule has 1 aromatic heterocycles. The first-order chi connectivity index (χ1) is 10.1. The number of thioether (sulfide) groups is 1. The molecule has 1 aromatic carbocycles. The van der Waals surface area contributed by atoms with Gasteiger partial charge >= 0.3 is 5.97 Å². The fraction of sp³-hybridized carbons (Fsp3) is 0.200. The maximum atomic E-state index is 12.2. The van der Waals surface area contributed by atoms with E-state index in [0.29, 0.717) is 11.6 Å². The minimum absolute atomic E-state index is 0.0537. The number of aromatic carboxylic acids is 1. The minimum atomic E-state index is -1.12. The molecule has 0 saturated heterocycles. The van der Waals surface area contributed by atoms with Crippen LogP contribution in [0, 0.1) is 0 Å². The molecular weight excluding hydrogens is 290 g/mol. The number of furan rings is 1. The van der Waals surface area contributed by atoms with Gasteiger partial charge in [0.1, 0.15) is 0 Å². The van der Waals surface area contributed by atoms with Crippen LogP contribution < -0.4 is 4.90 Å². The van der Waals surface area contributed by atoms with E-state index in [2.05, 4.69) is 0 Å². The highest BCUT2D eigenvalue weighted by Crippen LogP contribution is 2.22. The Morgan fingerprint density at radius 1 is 1.19 bits per heavy atom. The number of hydrogen-bond acceptors (Lipinski definition) is 4. The number of carbonyl (C=O) groups excluding carboxylic acids is 1. The zero-order chi connectivity index (χ0) is 15.2. The van der Waals surface area contributed by atoms with Gasteiger partial charge in [0.05, 0.1) is 5.75 Å². The Morgan fingerprint density at radius 2 is 1.90 bits per heavy atom. The quantitative estimate of drug-likeness (QED) is 0.830. The van der Waals surface area contributed by atoms with Crippen LogP contribution in [-0.4, -0.2) is 29.3 Å². The van der Waals surface area contributed by atoms with Crippen molar-refractivity contribution in [2.24, 2.45) is 0 Å². The lowest BCUT2D eigenvalue weighted by atomic mass is 10.3. The highest BCUT2D eigenvalue weighted by Gasteiger charge is 2.15. The van der Waals surface area contributed by atoms with Gasteiger partial charge in [0, 0.05) is 12.2 Å². The number of nitrogens with zero attached hydrogens (tertiary/aromatic N) is 1. The summed E-state index contributed by atoms with van der Waals surface area (Å²) in [6.07, 6.45) is 0. The third-order valence-corrected chi connectivity index (χ3v) is 3.71. The van der Waals surface area contributed by atoms with Crippen LogP contribution in [-0.2, 0) is 4.79 Å². The Labute approximate surface area is 126 Å². The van der Waals surface area contributed by atoms with E-state index >= 15 is 0 Å². The fourth-order valence-electron chi connectivity index (χ4n) is 1.83. The van der Waals surface area contributed by atoms with E-state index in [1.165, 1.54) is 17.8 Å². The normalized spacial score (nSPS) is 10.3. The number of hydrogen-bond donors (Lipinski definition) is 1. The number of carboxylic acids is 1. The molecule has 6 heteroatoms. The molecule has 0 aliphatic rings. The van der Waals surface area contributed by atoms with E-state index in [4.69, 9.17) is 9.52 Å². The van der Waals surface area contributed by atoms with Gasteiger partial charge in [-0.1, -0.05) is 30.0 Å². The molecule has 0 unspecified atom stereocenters. The molecule has 0 spiro atoms. The number of carboxylic acid groups (broad SMARTS) is 1. The molecule has 0 atom stereocenters. The van der Waals surface area contributed by atoms with Gasteiger partial charge in [-0.2, -0.15) is 0 Å². The van der Waals surface area contributed by atoms with Crippen LogP contribution in [0.25, 0.3) is 0 Å². The minimum Gasteiger partial charge on any atom is -0.475 e. The predicted molar refractivity (Wildman–Crippen MR) is 80.9 cm³/mol. The van der Waals surface area contributed by atoms with Gasteiger partial charge in [-0.3, -0.25) is 4.79 Å². The molecule has 110 valence electrons. The highest BCUT2D eigenvalue weighted by atomic mass is 32.2. The second kappa shape index (κ2) is 6.99. The Balaban J connectivity index is 1.98.